The second-order valence-electron chi connectivity index (χ2n) is 6.52. The van der Waals surface area contributed by atoms with Crippen molar-refractivity contribution in [3.8, 4) is 5.75 Å². The Kier molecular flexibility index (Phi) is 6.63. The van der Waals surface area contributed by atoms with Crippen molar-refractivity contribution in [2.45, 2.75) is 45.3 Å². The van der Waals surface area contributed by atoms with E-state index in [1.165, 1.54) is 31.7 Å². The fraction of sp³-hybridized carbons (Fsp3) is 0.364. The van der Waals surface area contributed by atoms with Crippen LogP contribution < -0.4 is 10.1 Å². The molecule has 0 heterocycles. The summed E-state index contributed by atoms with van der Waals surface area (Å²) in [6, 6.07) is 14.7. The molecule has 1 aliphatic rings. The van der Waals surface area contributed by atoms with Gasteiger partial charge in [0.1, 0.15) is 18.2 Å². The summed E-state index contributed by atoms with van der Waals surface area (Å²) in [5, 5.41) is 3.50. The molecule has 132 valence electrons. The third kappa shape index (κ3) is 5.43. The predicted molar refractivity (Wildman–Crippen MR) is 100 cm³/mol. The Morgan fingerprint density at radius 3 is 2.56 bits per heavy atom. The Hall–Kier alpha value is -2.13. The van der Waals surface area contributed by atoms with Crippen molar-refractivity contribution in [3.63, 3.8) is 0 Å². The summed E-state index contributed by atoms with van der Waals surface area (Å²) in [6.45, 7) is 1.99. The number of allylic oxidation sites excluding steroid dienone is 1. The van der Waals surface area contributed by atoms with Crippen molar-refractivity contribution in [2.75, 3.05) is 6.54 Å². The molecule has 3 heteroatoms. The van der Waals surface area contributed by atoms with Gasteiger partial charge in [-0.2, -0.15) is 0 Å². The van der Waals surface area contributed by atoms with Crippen molar-refractivity contribution in [2.24, 2.45) is 0 Å². The number of hydrogen-bond donors (Lipinski definition) is 1. The Balaban J connectivity index is 1.50. The van der Waals surface area contributed by atoms with E-state index >= 15 is 0 Å². The molecule has 0 aromatic heterocycles. The number of rotatable bonds is 8. The normalized spacial score (nSPS) is 14.2. The monoisotopic (exact) mass is 339 g/mol. The summed E-state index contributed by atoms with van der Waals surface area (Å²) in [5.74, 6) is 0.592. The summed E-state index contributed by atoms with van der Waals surface area (Å²) in [4.78, 5) is 0. The van der Waals surface area contributed by atoms with E-state index in [0.29, 0.717) is 5.56 Å². The van der Waals surface area contributed by atoms with Crippen LogP contribution in [0.4, 0.5) is 4.39 Å². The Morgan fingerprint density at radius 2 is 1.76 bits per heavy atom. The van der Waals surface area contributed by atoms with Gasteiger partial charge in [0.15, 0.2) is 0 Å². The fourth-order valence-electron chi connectivity index (χ4n) is 3.17. The van der Waals surface area contributed by atoms with Crippen LogP contribution in [0, 0.1) is 5.82 Å². The predicted octanol–water partition coefficient (Wildman–Crippen LogP) is 5.38. The molecule has 2 aromatic rings. The van der Waals surface area contributed by atoms with Crippen LogP contribution in [0.1, 0.15) is 43.2 Å². The molecule has 0 bridgehead atoms. The molecule has 0 radical (unpaired) electrons. The maximum absolute atomic E-state index is 13.7. The molecule has 1 aliphatic carbocycles. The molecular weight excluding hydrogens is 313 g/mol. The van der Waals surface area contributed by atoms with Gasteiger partial charge in [0.25, 0.3) is 0 Å². The van der Waals surface area contributed by atoms with Crippen LogP contribution in [-0.4, -0.2) is 6.54 Å². The van der Waals surface area contributed by atoms with Crippen LogP contribution in [-0.2, 0) is 13.2 Å². The van der Waals surface area contributed by atoms with Crippen LogP contribution in [0.3, 0.4) is 0 Å². The van der Waals surface area contributed by atoms with Crippen LogP contribution in [0.15, 0.2) is 60.2 Å². The van der Waals surface area contributed by atoms with E-state index in [1.54, 1.807) is 17.7 Å². The highest BCUT2D eigenvalue weighted by molar-refractivity contribution is 5.33. The lowest BCUT2D eigenvalue weighted by atomic mass is 9.97. The zero-order valence-corrected chi connectivity index (χ0v) is 14.6. The molecule has 1 N–H and O–H groups in total. The zero-order valence-electron chi connectivity index (χ0n) is 14.6. The number of ether oxygens (including phenoxy) is 1. The molecule has 0 amide bonds. The number of para-hydroxylation sites is 1. The summed E-state index contributed by atoms with van der Waals surface area (Å²) in [5.41, 5.74) is 3.27. The van der Waals surface area contributed by atoms with Gasteiger partial charge in [-0.3, -0.25) is 0 Å². The minimum atomic E-state index is -0.223. The molecule has 0 aliphatic heterocycles. The number of benzene rings is 2. The van der Waals surface area contributed by atoms with E-state index in [4.69, 9.17) is 4.74 Å². The Labute approximate surface area is 149 Å². The molecule has 0 saturated heterocycles. The lowest BCUT2D eigenvalue weighted by molar-refractivity contribution is 0.296. The first kappa shape index (κ1) is 17.7. The average Bonchev–Trinajstić information content (AvgIpc) is 2.66. The molecular formula is C22H26FNO. The SMILES string of the molecule is Fc1ccccc1COc1ccccc1CNCCC1=CCCCC1. The molecule has 3 rings (SSSR count). The standard InChI is InChI=1S/C22H26FNO/c23-21-12-6-4-11-20(21)17-25-22-13-7-5-10-19(22)16-24-15-14-18-8-2-1-3-9-18/h4-8,10-13,24H,1-3,9,14-17H2. The summed E-state index contributed by atoms with van der Waals surface area (Å²) < 4.78 is 19.6. The van der Waals surface area contributed by atoms with Gasteiger partial charge < -0.3 is 10.1 Å². The van der Waals surface area contributed by atoms with Gasteiger partial charge in [-0.15, -0.1) is 0 Å². The highest BCUT2D eigenvalue weighted by atomic mass is 19.1. The van der Waals surface area contributed by atoms with Crippen molar-refractivity contribution in [3.05, 3.63) is 77.1 Å². The van der Waals surface area contributed by atoms with E-state index in [0.717, 1.165) is 30.8 Å². The smallest absolute Gasteiger partial charge is 0.129 e. The van der Waals surface area contributed by atoms with Gasteiger partial charge in [-0.05, 0) is 50.8 Å². The maximum atomic E-state index is 13.7. The van der Waals surface area contributed by atoms with Crippen molar-refractivity contribution >= 4 is 0 Å². The fourth-order valence-corrected chi connectivity index (χ4v) is 3.17. The van der Waals surface area contributed by atoms with E-state index < -0.39 is 0 Å². The first-order chi connectivity index (χ1) is 12.3. The third-order valence-corrected chi connectivity index (χ3v) is 4.64. The number of nitrogens with one attached hydrogen (secondary N) is 1. The topological polar surface area (TPSA) is 21.3 Å². The largest absolute Gasteiger partial charge is 0.488 e. The van der Waals surface area contributed by atoms with Gasteiger partial charge in [-0.25, -0.2) is 4.39 Å². The highest BCUT2D eigenvalue weighted by Gasteiger charge is 2.07. The first-order valence-corrected chi connectivity index (χ1v) is 9.15. The van der Waals surface area contributed by atoms with Crippen molar-refractivity contribution in [1.29, 1.82) is 0 Å². The summed E-state index contributed by atoms with van der Waals surface area (Å²) in [7, 11) is 0. The van der Waals surface area contributed by atoms with Gasteiger partial charge in [0.2, 0.25) is 0 Å². The van der Waals surface area contributed by atoms with Gasteiger partial charge >= 0.3 is 0 Å². The highest BCUT2D eigenvalue weighted by Crippen LogP contribution is 2.21. The minimum Gasteiger partial charge on any atom is -0.488 e. The van der Waals surface area contributed by atoms with E-state index in [-0.39, 0.29) is 12.4 Å². The lowest BCUT2D eigenvalue weighted by Gasteiger charge is -2.14. The molecule has 2 nitrogen and oxygen atoms in total. The first-order valence-electron chi connectivity index (χ1n) is 9.15. The van der Waals surface area contributed by atoms with E-state index in [1.807, 2.05) is 24.3 Å². The van der Waals surface area contributed by atoms with Crippen LogP contribution in [0.5, 0.6) is 5.75 Å². The molecule has 0 atom stereocenters. The maximum Gasteiger partial charge on any atom is 0.129 e. The molecule has 2 aromatic carbocycles. The van der Waals surface area contributed by atoms with Crippen LogP contribution >= 0.6 is 0 Å². The lowest BCUT2D eigenvalue weighted by Crippen LogP contribution is -2.16. The Bertz CT molecular complexity index is 711. The minimum absolute atomic E-state index is 0.223. The van der Waals surface area contributed by atoms with Gasteiger partial charge in [-0.1, -0.05) is 48.0 Å². The zero-order chi connectivity index (χ0) is 17.3. The quantitative estimate of drug-likeness (QED) is 0.514. The second kappa shape index (κ2) is 9.38. The molecule has 0 saturated carbocycles. The van der Waals surface area contributed by atoms with Crippen molar-refractivity contribution < 1.29 is 9.13 Å². The van der Waals surface area contributed by atoms with E-state index in [2.05, 4.69) is 17.5 Å². The second-order valence-corrected chi connectivity index (χ2v) is 6.52. The molecule has 0 fully saturated rings. The average molecular weight is 339 g/mol. The van der Waals surface area contributed by atoms with Gasteiger partial charge in [0.05, 0.1) is 0 Å². The number of halogens is 1. The van der Waals surface area contributed by atoms with Gasteiger partial charge in [0, 0.05) is 17.7 Å². The summed E-state index contributed by atoms with van der Waals surface area (Å²) >= 11 is 0. The van der Waals surface area contributed by atoms with Crippen LogP contribution in [0.25, 0.3) is 0 Å². The van der Waals surface area contributed by atoms with E-state index in [9.17, 15) is 4.39 Å². The van der Waals surface area contributed by atoms with Crippen molar-refractivity contribution in [1.82, 2.24) is 5.32 Å². The van der Waals surface area contributed by atoms with Crippen LogP contribution in [0.2, 0.25) is 0 Å². The molecule has 0 unspecified atom stereocenters. The Morgan fingerprint density at radius 1 is 0.960 bits per heavy atom. The summed E-state index contributed by atoms with van der Waals surface area (Å²) in [6.07, 6.45) is 8.68. The molecule has 0 spiro atoms. The molecule has 25 heavy (non-hydrogen) atoms. The number of hydrogen-bond acceptors (Lipinski definition) is 2. The third-order valence-electron chi connectivity index (χ3n) is 4.64.